The van der Waals surface area contributed by atoms with Crippen LogP contribution in [0.25, 0.3) is 0 Å². The minimum atomic E-state index is -4.95. The molecule has 4 heterocycles. The highest BCUT2D eigenvalue weighted by molar-refractivity contribution is 6.02. The van der Waals surface area contributed by atoms with Gasteiger partial charge in [0.1, 0.15) is 11.8 Å². The van der Waals surface area contributed by atoms with Crippen LogP contribution < -0.4 is 21.3 Å². The molecule has 204 valence electrons. The first kappa shape index (κ1) is 25.5. The van der Waals surface area contributed by atoms with Crippen LogP contribution in [0.2, 0.25) is 0 Å². The van der Waals surface area contributed by atoms with Crippen molar-refractivity contribution in [2.24, 2.45) is 0 Å². The number of hydrogen-bond donors (Lipinski definition) is 9. The van der Waals surface area contributed by atoms with Crippen LogP contribution >= 0.6 is 0 Å². The summed E-state index contributed by atoms with van der Waals surface area (Å²) in [4.78, 5) is 39.3. The molecule has 17 heteroatoms. The van der Waals surface area contributed by atoms with E-state index in [0.717, 1.165) is 15.9 Å². The monoisotopic (exact) mass is 540 g/mol. The smallest absolute Gasteiger partial charge is 0.419 e. The highest BCUT2D eigenvalue weighted by Crippen LogP contribution is 2.43. The average molecular weight is 540 g/mol. The molecule has 1 spiro atoms. The van der Waals surface area contributed by atoms with Gasteiger partial charge >= 0.3 is 6.18 Å². The van der Waals surface area contributed by atoms with Crippen LogP contribution in [0.1, 0.15) is 28.8 Å². The van der Waals surface area contributed by atoms with Crippen LogP contribution in [-0.4, -0.2) is 97.4 Å². The molecule has 0 aliphatic carbocycles. The zero-order valence-corrected chi connectivity index (χ0v) is 19.4. The number of phenolic OH excluding ortho intramolecular Hbond substituents is 1. The molecule has 4 fully saturated rings. The van der Waals surface area contributed by atoms with Gasteiger partial charge in [-0.25, -0.2) is 0 Å². The lowest BCUT2D eigenvalue weighted by Gasteiger charge is -2.51. The van der Waals surface area contributed by atoms with Crippen molar-refractivity contribution >= 4 is 29.6 Å². The summed E-state index contributed by atoms with van der Waals surface area (Å²) in [6.45, 7) is -0.662. The molecule has 0 radical (unpaired) electrons. The van der Waals surface area contributed by atoms with Crippen molar-refractivity contribution in [1.82, 2.24) is 31.1 Å². The number of nitrogens with zero attached hydrogens (tertiary/aromatic N) is 2. The Hall–Kier alpha value is -4.12. The van der Waals surface area contributed by atoms with Gasteiger partial charge in [0, 0.05) is 24.9 Å². The van der Waals surface area contributed by atoms with E-state index in [9.17, 15) is 42.9 Å². The number of hydrogen-bond acceptors (Lipinski definition) is 8. The lowest BCUT2D eigenvalue weighted by molar-refractivity contribution is -0.232. The molecule has 5 rings (SSSR count). The second-order valence-corrected chi connectivity index (χ2v) is 9.48. The van der Waals surface area contributed by atoms with Crippen molar-refractivity contribution in [3.8, 4) is 5.75 Å². The second kappa shape index (κ2) is 8.19. The van der Waals surface area contributed by atoms with E-state index in [1.54, 1.807) is 0 Å². The Kier molecular flexibility index (Phi) is 5.50. The minimum absolute atomic E-state index is 0.0117. The second-order valence-electron chi connectivity index (χ2n) is 9.48. The Labute approximate surface area is 211 Å². The zero-order chi connectivity index (χ0) is 27.8. The van der Waals surface area contributed by atoms with E-state index in [1.165, 1.54) is 0 Å². The molecule has 14 nitrogen and oxygen atoms in total. The van der Waals surface area contributed by atoms with E-state index in [4.69, 9.17) is 10.8 Å². The summed E-state index contributed by atoms with van der Waals surface area (Å²) in [6.07, 6.45) is -4.93. The Bertz CT molecular complexity index is 1260. The maximum Gasteiger partial charge on any atom is 0.419 e. The van der Waals surface area contributed by atoms with E-state index < -0.39 is 76.9 Å². The van der Waals surface area contributed by atoms with Gasteiger partial charge in [-0.2, -0.15) is 13.2 Å². The van der Waals surface area contributed by atoms with Gasteiger partial charge in [0.15, 0.2) is 17.6 Å². The predicted octanol–water partition coefficient (Wildman–Crippen LogP) is -2.25. The van der Waals surface area contributed by atoms with Gasteiger partial charge in [0.25, 0.3) is 5.91 Å². The number of amides is 3. The van der Waals surface area contributed by atoms with Gasteiger partial charge < -0.3 is 41.5 Å². The number of halogens is 3. The normalized spacial score (nSPS) is 30.0. The summed E-state index contributed by atoms with van der Waals surface area (Å²) in [7, 11) is 0. The number of imide groups is 1. The van der Waals surface area contributed by atoms with Gasteiger partial charge in [0.05, 0.1) is 24.2 Å². The third-order valence-electron chi connectivity index (χ3n) is 7.30. The number of rotatable bonds is 4. The molecule has 2 unspecified atom stereocenters. The number of carbonyl (C=O) groups excluding carboxylic acids is 3. The molecule has 0 aromatic heterocycles. The maximum atomic E-state index is 13.2. The van der Waals surface area contributed by atoms with Crippen molar-refractivity contribution in [2.75, 3.05) is 13.1 Å². The molecule has 1 aromatic rings. The van der Waals surface area contributed by atoms with Crippen LogP contribution in [-0.2, 0) is 15.8 Å². The summed E-state index contributed by atoms with van der Waals surface area (Å²) in [5, 5.41) is 59.2. The van der Waals surface area contributed by atoms with Crippen LogP contribution in [0.5, 0.6) is 5.75 Å². The van der Waals surface area contributed by atoms with E-state index >= 15 is 0 Å². The molecule has 0 bridgehead atoms. The van der Waals surface area contributed by atoms with Gasteiger partial charge in [-0.1, -0.05) is 0 Å². The van der Waals surface area contributed by atoms with Crippen molar-refractivity contribution in [3.63, 3.8) is 0 Å². The Morgan fingerprint density at radius 3 is 2.45 bits per heavy atom. The molecule has 4 saturated heterocycles. The van der Waals surface area contributed by atoms with E-state index in [0.29, 0.717) is 12.1 Å². The highest BCUT2D eigenvalue weighted by Gasteiger charge is 2.74. The summed E-state index contributed by atoms with van der Waals surface area (Å²) in [6, 6.07) is -1.64. The lowest BCUT2D eigenvalue weighted by Crippen LogP contribution is -2.81. The van der Waals surface area contributed by atoms with Crippen LogP contribution in [0.15, 0.2) is 18.2 Å². The summed E-state index contributed by atoms with van der Waals surface area (Å²) < 4.78 is 39.6. The van der Waals surface area contributed by atoms with E-state index in [2.05, 4.69) is 21.3 Å². The van der Waals surface area contributed by atoms with Crippen LogP contribution in [0, 0.1) is 10.8 Å². The van der Waals surface area contributed by atoms with Crippen molar-refractivity contribution < 1.29 is 42.9 Å². The average Bonchev–Trinajstić information content (AvgIpc) is 3.41. The molecule has 4 aliphatic heterocycles. The van der Waals surface area contributed by atoms with Crippen molar-refractivity contribution in [2.45, 2.75) is 48.6 Å². The summed E-state index contributed by atoms with van der Waals surface area (Å²) in [5.41, 5.74) is -4.01. The lowest BCUT2D eigenvalue weighted by atomic mass is 9.84. The molecule has 0 saturated carbocycles. The number of guanidine groups is 2. The Morgan fingerprint density at radius 1 is 1.16 bits per heavy atom. The SMILES string of the molecule is N=C1N[C@H]2[C@H](CN3C(=O)CCC3=O)NC(=N)N3CC(NC(=O)c4ccc(O)c(C(F)(F)F)c4)C(O)(O)C23N1. The third-order valence-corrected chi connectivity index (χ3v) is 7.30. The number of alkyl halides is 3. The number of phenols is 1. The van der Waals surface area contributed by atoms with Gasteiger partial charge in [-0.05, 0) is 18.2 Å². The molecule has 4 aliphatic rings. The Morgan fingerprint density at radius 2 is 1.82 bits per heavy atom. The number of aromatic hydroxyl groups is 1. The quantitative estimate of drug-likeness (QED) is 0.148. The number of carbonyl (C=O) groups is 3. The molecular weight excluding hydrogens is 517 g/mol. The van der Waals surface area contributed by atoms with Crippen molar-refractivity contribution in [1.29, 1.82) is 10.8 Å². The standard InChI is InChI=1S/C21H23F3N8O6/c22-21(23,24)9-5-8(1-2-11(9)33)16(36)28-12-7-32-18(26)27-10(6-31-13(34)3-4-14(31)35)15-19(32,20(12,37)38)30-17(25)29-15/h1-2,5,10,12,15,33,37-38H,3-4,6-7H2,(H2,26,27)(H,28,36)(H3,25,29,30)/t10-,12?,15-,19?/m0/s1. The fourth-order valence-electron chi connectivity index (χ4n) is 5.50. The largest absolute Gasteiger partial charge is 0.507 e. The topological polar surface area (TPSA) is 214 Å². The molecule has 3 amide bonds. The number of aliphatic hydroxyl groups is 2. The fraction of sp³-hybridized carbons (Fsp3) is 0.476. The number of benzene rings is 1. The van der Waals surface area contributed by atoms with E-state index in [1.807, 2.05) is 0 Å². The Balaban J connectivity index is 1.45. The van der Waals surface area contributed by atoms with Gasteiger partial charge in [-0.15, -0.1) is 0 Å². The van der Waals surface area contributed by atoms with Gasteiger partial charge in [-0.3, -0.25) is 30.1 Å². The molecule has 1 aromatic carbocycles. The molecular formula is C21H23F3N8O6. The summed E-state index contributed by atoms with van der Waals surface area (Å²) >= 11 is 0. The first-order valence-corrected chi connectivity index (χ1v) is 11.4. The maximum absolute atomic E-state index is 13.2. The van der Waals surface area contributed by atoms with E-state index in [-0.39, 0.29) is 31.3 Å². The molecule has 4 atom stereocenters. The van der Waals surface area contributed by atoms with Crippen LogP contribution in [0.4, 0.5) is 13.2 Å². The van der Waals surface area contributed by atoms with Gasteiger partial charge in [0.2, 0.25) is 17.6 Å². The number of nitrogens with one attached hydrogen (secondary N) is 6. The summed E-state index contributed by atoms with van der Waals surface area (Å²) in [5.74, 6) is -6.75. The van der Waals surface area contributed by atoms with Crippen LogP contribution in [0.3, 0.4) is 0 Å². The minimum Gasteiger partial charge on any atom is -0.507 e. The third kappa shape index (κ3) is 3.60. The first-order chi connectivity index (χ1) is 17.7. The van der Waals surface area contributed by atoms with Crippen molar-refractivity contribution in [3.05, 3.63) is 29.3 Å². The first-order valence-electron chi connectivity index (χ1n) is 11.4. The predicted molar refractivity (Wildman–Crippen MR) is 119 cm³/mol. The zero-order valence-electron chi connectivity index (χ0n) is 19.4. The molecule has 9 N–H and O–H groups in total. The highest BCUT2D eigenvalue weighted by atomic mass is 19.4. The molecule has 38 heavy (non-hydrogen) atoms. The fourth-order valence-corrected chi connectivity index (χ4v) is 5.50. The number of likely N-dealkylation sites (tertiary alicyclic amines) is 1.